The van der Waals surface area contributed by atoms with Crippen molar-refractivity contribution in [2.24, 2.45) is 0 Å². The third-order valence-electron chi connectivity index (χ3n) is 3.47. The topological polar surface area (TPSA) is 76.7 Å². The molecule has 2 aromatic carbocycles. The van der Waals surface area contributed by atoms with E-state index in [9.17, 15) is 9.59 Å². The highest BCUT2D eigenvalue weighted by molar-refractivity contribution is 5.99. The fourth-order valence-corrected chi connectivity index (χ4v) is 2.46. The summed E-state index contributed by atoms with van der Waals surface area (Å²) < 4.78 is 11.0. The molecule has 0 saturated carbocycles. The van der Waals surface area contributed by atoms with Gasteiger partial charge in [-0.1, -0.05) is 30.3 Å². The SMILES string of the molecule is CC(C)(C)OC(=O)Nc1ccc2c(c1)NC(=O)C(c1ccccc1)O2. The summed E-state index contributed by atoms with van der Waals surface area (Å²) in [5.74, 6) is 0.288. The Morgan fingerprint density at radius 2 is 1.88 bits per heavy atom. The van der Waals surface area contributed by atoms with Gasteiger partial charge in [0.05, 0.1) is 5.69 Å². The molecule has 1 heterocycles. The quantitative estimate of drug-likeness (QED) is 0.863. The molecule has 1 atom stereocenters. The fourth-order valence-electron chi connectivity index (χ4n) is 2.46. The molecule has 0 bridgehead atoms. The number of amides is 2. The van der Waals surface area contributed by atoms with Crippen LogP contribution < -0.4 is 15.4 Å². The zero-order chi connectivity index (χ0) is 18.0. The molecule has 0 fully saturated rings. The van der Waals surface area contributed by atoms with Crippen molar-refractivity contribution in [3.8, 4) is 5.75 Å². The number of rotatable bonds is 2. The molecule has 6 nitrogen and oxygen atoms in total. The number of hydrogen-bond donors (Lipinski definition) is 2. The standard InChI is InChI=1S/C19H20N2O4/c1-19(2,3)25-18(23)20-13-9-10-15-14(11-13)21-17(22)16(24-15)12-7-5-4-6-8-12/h4-11,16H,1-3H3,(H,20,23)(H,21,22). The van der Waals surface area contributed by atoms with Crippen molar-refractivity contribution in [2.75, 3.05) is 10.6 Å². The van der Waals surface area contributed by atoms with Crippen LogP contribution in [-0.2, 0) is 9.53 Å². The van der Waals surface area contributed by atoms with E-state index in [-0.39, 0.29) is 5.91 Å². The van der Waals surface area contributed by atoms with Gasteiger partial charge in [0, 0.05) is 11.3 Å². The first-order valence-electron chi connectivity index (χ1n) is 7.98. The van der Waals surface area contributed by atoms with Crippen LogP contribution >= 0.6 is 0 Å². The van der Waals surface area contributed by atoms with Gasteiger partial charge in [0.25, 0.3) is 5.91 Å². The van der Waals surface area contributed by atoms with Gasteiger partial charge in [-0.05, 0) is 39.0 Å². The molecule has 0 aromatic heterocycles. The molecule has 0 radical (unpaired) electrons. The maximum Gasteiger partial charge on any atom is 0.412 e. The molecule has 1 aliphatic rings. The Balaban J connectivity index is 1.76. The lowest BCUT2D eigenvalue weighted by Crippen LogP contribution is -2.30. The molecule has 2 amide bonds. The normalized spacial score (nSPS) is 16.3. The highest BCUT2D eigenvalue weighted by atomic mass is 16.6. The Morgan fingerprint density at radius 1 is 1.16 bits per heavy atom. The first-order chi connectivity index (χ1) is 11.8. The van der Waals surface area contributed by atoms with Crippen molar-refractivity contribution < 1.29 is 19.1 Å². The molecule has 0 aliphatic carbocycles. The van der Waals surface area contributed by atoms with Crippen LogP contribution in [0.4, 0.5) is 16.2 Å². The molecular formula is C19H20N2O4. The van der Waals surface area contributed by atoms with Gasteiger partial charge < -0.3 is 14.8 Å². The van der Waals surface area contributed by atoms with Crippen molar-refractivity contribution in [1.29, 1.82) is 0 Å². The van der Waals surface area contributed by atoms with Crippen molar-refractivity contribution >= 4 is 23.4 Å². The number of hydrogen-bond acceptors (Lipinski definition) is 4. The first-order valence-corrected chi connectivity index (χ1v) is 7.98. The number of nitrogens with one attached hydrogen (secondary N) is 2. The average Bonchev–Trinajstić information content (AvgIpc) is 2.53. The van der Waals surface area contributed by atoms with Crippen LogP contribution in [0, 0.1) is 0 Å². The lowest BCUT2D eigenvalue weighted by Gasteiger charge is -2.26. The lowest BCUT2D eigenvalue weighted by molar-refractivity contribution is -0.123. The smallest absolute Gasteiger partial charge is 0.412 e. The minimum Gasteiger partial charge on any atom is -0.474 e. The summed E-state index contributed by atoms with van der Waals surface area (Å²) in [4.78, 5) is 24.2. The highest BCUT2D eigenvalue weighted by Crippen LogP contribution is 2.36. The van der Waals surface area contributed by atoms with E-state index < -0.39 is 17.8 Å². The molecule has 1 aliphatic heterocycles. The van der Waals surface area contributed by atoms with Crippen LogP contribution in [0.15, 0.2) is 48.5 Å². The maximum atomic E-state index is 12.3. The van der Waals surface area contributed by atoms with Gasteiger partial charge in [-0.2, -0.15) is 0 Å². The lowest BCUT2D eigenvalue weighted by atomic mass is 10.1. The molecule has 0 spiro atoms. The molecule has 3 rings (SSSR count). The van der Waals surface area contributed by atoms with E-state index in [1.165, 1.54) is 0 Å². The zero-order valence-electron chi connectivity index (χ0n) is 14.3. The molecule has 2 N–H and O–H groups in total. The van der Waals surface area contributed by atoms with Crippen molar-refractivity contribution in [1.82, 2.24) is 0 Å². The molecule has 130 valence electrons. The van der Waals surface area contributed by atoms with E-state index in [0.717, 1.165) is 5.56 Å². The number of carbonyl (C=O) groups excluding carboxylic acids is 2. The van der Waals surface area contributed by atoms with Crippen molar-refractivity contribution in [2.45, 2.75) is 32.5 Å². The molecule has 2 aromatic rings. The van der Waals surface area contributed by atoms with Crippen LogP contribution in [0.5, 0.6) is 5.75 Å². The summed E-state index contributed by atoms with van der Waals surface area (Å²) >= 11 is 0. The minimum absolute atomic E-state index is 0.256. The third-order valence-corrected chi connectivity index (χ3v) is 3.47. The summed E-state index contributed by atoms with van der Waals surface area (Å²) in [5.41, 5.74) is 1.21. The number of fused-ring (bicyclic) bond motifs is 1. The Labute approximate surface area is 146 Å². The van der Waals surface area contributed by atoms with Gasteiger partial charge in [0.1, 0.15) is 11.4 Å². The molecule has 25 heavy (non-hydrogen) atoms. The van der Waals surface area contributed by atoms with Crippen LogP contribution in [0.1, 0.15) is 32.4 Å². The largest absolute Gasteiger partial charge is 0.474 e. The van der Waals surface area contributed by atoms with E-state index in [1.54, 1.807) is 39.0 Å². The number of benzene rings is 2. The number of anilines is 2. The second-order valence-electron chi connectivity index (χ2n) is 6.74. The summed E-state index contributed by atoms with van der Waals surface area (Å²) in [5, 5.41) is 5.45. The Hall–Kier alpha value is -3.02. The van der Waals surface area contributed by atoms with Gasteiger partial charge >= 0.3 is 6.09 Å². The summed E-state index contributed by atoms with van der Waals surface area (Å²) in [6.45, 7) is 5.37. The summed E-state index contributed by atoms with van der Waals surface area (Å²) in [6, 6.07) is 14.3. The molecule has 1 unspecified atom stereocenters. The van der Waals surface area contributed by atoms with E-state index in [1.807, 2.05) is 30.3 Å². The van der Waals surface area contributed by atoms with E-state index in [0.29, 0.717) is 17.1 Å². The Bertz CT molecular complexity index is 797. The van der Waals surface area contributed by atoms with Crippen LogP contribution in [0.3, 0.4) is 0 Å². The second-order valence-corrected chi connectivity index (χ2v) is 6.74. The summed E-state index contributed by atoms with van der Waals surface area (Å²) in [7, 11) is 0. The highest BCUT2D eigenvalue weighted by Gasteiger charge is 2.29. The maximum absolute atomic E-state index is 12.3. The van der Waals surface area contributed by atoms with Crippen LogP contribution in [-0.4, -0.2) is 17.6 Å². The van der Waals surface area contributed by atoms with Gasteiger partial charge in [-0.25, -0.2) is 4.79 Å². The molecule has 0 saturated heterocycles. The minimum atomic E-state index is -0.696. The fraction of sp³-hybridized carbons (Fsp3) is 0.263. The van der Waals surface area contributed by atoms with Gasteiger partial charge in [0.15, 0.2) is 0 Å². The predicted octanol–water partition coefficient (Wildman–Crippen LogP) is 4.11. The van der Waals surface area contributed by atoms with Crippen LogP contribution in [0.2, 0.25) is 0 Å². The third kappa shape index (κ3) is 4.09. The van der Waals surface area contributed by atoms with Crippen molar-refractivity contribution in [3.63, 3.8) is 0 Å². The Kier molecular flexibility index (Phi) is 4.35. The zero-order valence-corrected chi connectivity index (χ0v) is 14.3. The monoisotopic (exact) mass is 340 g/mol. The van der Waals surface area contributed by atoms with Crippen molar-refractivity contribution in [3.05, 3.63) is 54.1 Å². The predicted molar refractivity (Wildman–Crippen MR) is 94.7 cm³/mol. The molecular weight excluding hydrogens is 320 g/mol. The van der Waals surface area contributed by atoms with Gasteiger partial charge in [-0.15, -0.1) is 0 Å². The first kappa shape index (κ1) is 16.8. The molecule has 6 heteroatoms. The second kappa shape index (κ2) is 6.47. The average molecular weight is 340 g/mol. The number of ether oxygens (including phenoxy) is 2. The number of carbonyl (C=O) groups is 2. The van der Waals surface area contributed by atoms with E-state index >= 15 is 0 Å². The Morgan fingerprint density at radius 3 is 2.56 bits per heavy atom. The van der Waals surface area contributed by atoms with E-state index in [4.69, 9.17) is 9.47 Å². The van der Waals surface area contributed by atoms with Gasteiger partial charge in [0.2, 0.25) is 6.10 Å². The van der Waals surface area contributed by atoms with E-state index in [2.05, 4.69) is 10.6 Å². The van der Waals surface area contributed by atoms with Crippen LogP contribution in [0.25, 0.3) is 0 Å². The van der Waals surface area contributed by atoms with Gasteiger partial charge in [-0.3, -0.25) is 10.1 Å². The summed E-state index contributed by atoms with van der Waals surface area (Å²) in [6.07, 6.45) is -1.25.